The van der Waals surface area contributed by atoms with Crippen molar-refractivity contribution in [2.45, 2.75) is 6.42 Å². The van der Waals surface area contributed by atoms with Crippen LogP contribution in [0.1, 0.15) is 22.3 Å². The van der Waals surface area contributed by atoms with Gasteiger partial charge in [0.05, 0.1) is 23.4 Å². The summed E-state index contributed by atoms with van der Waals surface area (Å²) in [7, 11) is 0. The van der Waals surface area contributed by atoms with Crippen molar-refractivity contribution in [3.05, 3.63) is 45.8 Å². The van der Waals surface area contributed by atoms with Crippen LogP contribution in [-0.2, 0) is 0 Å². The Bertz CT molecular complexity index is 769. The second-order valence-electron chi connectivity index (χ2n) is 3.49. The monoisotopic (exact) mass is 237 g/mol. The minimum absolute atomic E-state index is 0.0235. The number of carbonyl (C=O) groups excluding carboxylic acids is 1. The number of rotatable bonds is 1. The summed E-state index contributed by atoms with van der Waals surface area (Å²) in [5.41, 5.74) is 0.601. The molecule has 4 nitrogen and oxygen atoms in total. The molecule has 1 heterocycles. The molecule has 0 saturated heterocycles. The van der Waals surface area contributed by atoms with Gasteiger partial charge in [-0.15, -0.1) is 0 Å². The third-order valence-electron chi connectivity index (χ3n) is 2.33. The first-order chi connectivity index (χ1) is 8.76. The van der Waals surface area contributed by atoms with Gasteiger partial charge in [-0.05, 0) is 18.2 Å². The van der Waals surface area contributed by atoms with Crippen molar-refractivity contribution in [2.24, 2.45) is 0 Å². The van der Waals surface area contributed by atoms with Crippen molar-refractivity contribution < 1.29 is 9.21 Å². The third-order valence-corrected chi connectivity index (χ3v) is 2.33. The molecule has 1 aromatic heterocycles. The van der Waals surface area contributed by atoms with Crippen LogP contribution >= 0.6 is 0 Å². The normalized spacial score (nSPS) is 9.28. The van der Waals surface area contributed by atoms with Gasteiger partial charge in [0.15, 0.2) is 6.29 Å². The molecule has 0 fully saturated rings. The van der Waals surface area contributed by atoms with E-state index in [0.717, 1.165) is 6.26 Å². The highest BCUT2D eigenvalue weighted by molar-refractivity contribution is 5.84. The van der Waals surface area contributed by atoms with Gasteiger partial charge in [-0.2, -0.15) is 5.26 Å². The molecule has 18 heavy (non-hydrogen) atoms. The highest BCUT2D eigenvalue weighted by Gasteiger charge is 2.06. The Morgan fingerprint density at radius 2 is 2.22 bits per heavy atom. The van der Waals surface area contributed by atoms with E-state index in [1.54, 1.807) is 18.2 Å². The maximum Gasteiger partial charge on any atom is 0.203 e. The Balaban J connectivity index is 2.61. The van der Waals surface area contributed by atoms with Crippen molar-refractivity contribution in [2.75, 3.05) is 0 Å². The van der Waals surface area contributed by atoms with Crippen molar-refractivity contribution >= 4 is 17.3 Å². The van der Waals surface area contributed by atoms with Crippen LogP contribution in [0.2, 0.25) is 0 Å². The Hall–Kier alpha value is -2.85. The molecular weight excluding hydrogens is 230 g/mol. The van der Waals surface area contributed by atoms with Gasteiger partial charge in [-0.1, -0.05) is 11.8 Å². The fourth-order valence-electron chi connectivity index (χ4n) is 1.49. The lowest BCUT2D eigenvalue weighted by Crippen LogP contribution is -2.07. The largest absolute Gasteiger partial charge is 0.463 e. The number of hydrogen-bond acceptors (Lipinski definition) is 4. The molecule has 2 aromatic rings. The minimum Gasteiger partial charge on any atom is -0.463 e. The molecule has 0 aliphatic rings. The summed E-state index contributed by atoms with van der Waals surface area (Å²) in [4.78, 5) is 22.5. The fourth-order valence-corrected chi connectivity index (χ4v) is 1.49. The number of carbonyl (C=O) groups is 1. The first-order valence-corrected chi connectivity index (χ1v) is 5.13. The Morgan fingerprint density at radius 3 is 2.94 bits per heavy atom. The average Bonchev–Trinajstić information content (AvgIpc) is 2.40. The summed E-state index contributed by atoms with van der Waals surface area (Å²) >= 11 is 0. The highest BCUT2D eigenvalue weighted by atomic mass is 16.3. The van der Waals surface area contributed by atoms with Crippen LogP contribution in [0.25, 0.3) is 11.0 Å². The lowest BCUT2D eigenvalue weighted by molar-refractivity contribution is 0.112. The number of fused-ring (bicyclic) bond motifs is 1. The molecule has 0 aliphatic carbocycles. The van der Waals surface area contributed by atoms with Crippen LogP contribution < -0.4 is 5.43 Å². The SMILES string of the molecule is N#CCC#Cc1ccc2occ(C=O)c(=O)c2c1. The summed E-state index contributed by atoms with van der Waals surface area (Å²) < 4.78 is 5.16. The molecule has 0 unspecified atom stereocenters. The molecule has 0 bridgehead atoms. The lowest BCUT2D eigenvalue weighted by Gasteiger charge is -1.97. The Kier molecular flexibility index (Phi) is 3.22. The van der Waals surface area contributed by atoms with Crippen molar-refractivity contribution in [3.63, 3.8) is 0 Å². The standard InChI is InChI=1S/C14H7NO3/c15-6-2-1-3-10-4-5-13-12(7-10)14(17)11(8-16)9-18-13/h4-5,7-9H,2H2. The first kappa shape index (κ1) is 11.6. The van der Waals surface area contributed by atoms with E-state index in [-0.39, 0.29) is 17.4 Å². The van der Waals surface area contributed by atoms with E-state index in [1.807, 2.05) is 6.07 Å². The molecular formula is C14H7NO3. The number of hydrogen-bond donors (Lipinski definition) is 0. The van der Waals surface area contributed by atoms with Crippen LogP contribution in [0.4, 0.5) is 0 Å². The van der Waals surface area contributed by atoms with Crippen LogP contribution in [0, 0.1) is 23.2 Å². The summed E-state index contributed by atoms with van der Waals surface area (Å²) in [6, 6.07) is 6.76. The van der Waals surface area contributed by atoms with Gasteiger partial charge in [0.25, 0.3) is 0 Å². The van der Waals surface area contributed by atoms with E-state index < -0.39 is 0 Å². The van der Waals surface area contributed by atoms with Gasteiger partial charge in [-0.25, -0.2) is 0 Å². The van der Waals surface area contributed by atoms with E-state index in [4.69, 9.17) is 9.68 Å². The van der Waals surface area contributed by atoms with Gasteiger partial charge in [0.2, 0.25) is 5.43 Å². The number of nitrogens with zero attached hydrogens (tertiary/aromatic N) is 1. The van der Waals surface area contributed by atoms with Gasteiger partial charge in [-0.3, -0.25) is 9.59 Å². The van der Waals surface area contributed by atoms with E-state index in [1.165, 1.54) is 0 Å². The summed E-state index contributed by atoms with van der Waals surface area (Å²) in [6.07, 6.45) is 1.72. The Morgan fingerprint density at radius 1 is 1.39 bits per heavy atom. The zero-order valence-corrected chi connectivity index (χ0v) is 9.27. The van der Waals surface area contributed by atoms with E-state index in [2.05, 4.69) is 11.8 Å². The van der Waals surface area contributed by atoms with Gasteiger partial charge in [0.1, 0.15) is 11.8 Å². The average molecular weight is 237 g/mol. The summed E-state index contributed by atoms with van der Waals surface area (Å²) in [5, 5.41) is 8.68. The molecule has 0 spiro atoms. The molecule has 0 atom stereocenters. The maximum absolute atomic E-state index is 11.8. The van der Waals surface area contributed by atoms with Gasteiger partial charge in [0, 0.05) is 5.56 Å². The number of aldehydes is 1. The van der Waals surface area contributed by atoms with Crippen molar-refractivity contribution in [1.29, 1.82) is 5.26 Å². The van der Waals surface area contributed by atoms with Crippen LogP contribution in [0.15, 0.2) is 33.7 Å². The minimum atomic E-state index is -0.379. The number of nitriles is 1. The molecule has 0 N–H and O–H groups in total. The predicted molar refractivity (Wildman–Crippen MR) is 65.0 cm³/mol. The van der Waals surface area contributed by atoms with Gasteiger partial charge >= 0.3 is 0 Å². The predicted octanol–water partition coefficient (Wildman–Crippen LogP) is 1.87. The van der Waals surface area contributed by atoms with Crippen LogP contribution in [0.3, 0.4) is 0 Å². The fraction of sp³-hybridized carbons (Fsp3) is 0.0714. The molecule has 0 aliphatic heterocycles. The second-order valence-corrected chi connectivity index (χ2v) is 3.49. The molecule has 0 amide bonds. The van der Waals surface area contributed by atoms with Crippen LogP contribution in [0.5, 0.6) is 0 Å². The van der Waals surface area contributed by atoms with Crippen molar-refractivity contribution in [3.8, 4) is 17.9 Å². The smallest absolute Gasteiger partial charge is 0.203 e. The first-order valence-electron chi connectivity index (χ1n) is 5.13. The topological polar surface area (TPSA) is 71.1 Å². The third kappa shape index (κ3) is 2.14. The molecule has 1 aromatic carbocycles. The molecule has 4 heteroatoms. The van der Waals surface area contributed by atoms with E-state index in [9.17, 15) is 9.59 Å². The quantitative estimate of drug-likeness (QED) is 0.560. The molecule has 0 radical (unpaired) electrons. The van der Waals surface area contributed by atoms with Crippen molar-refractivity contribution in [1.82, 2.24) is 0 Å². The van der Waals surface area contributed by atoms with E-state index >= 15 is 0 Å². The Labute approximate surface area is 102 Å². The number of benzene rings is 1. The maximum atomic E-state index is 11.8. The molecule has 2 rings (SSSR count). The molecule has 86 valence electrons. The molecule has 0 saturated carbocycles. The lowest BCUT2D eigenvalue weighted by atomic mass is 10.1. The second kappa shape index (κ2) is 4.99. The zero-order chi connectivity index (χ0) is 13.0. The van der Waals surface area contributed by atoms with E-state index in [0.29, 0.717) is 22.8 Å². The zero-order valence-electron chi connectivity index (χ0n) is 9.27. The van der Waals surface area contributed by atoms with Gasteiger partial charge < -0.3 is 4.42 Å². The highest BCUT2D eigenvalue weighted by Crippen LogP contribution is 2.12. The summed E-state index contributed by atoms with van der Waals surface area (Å²) in [5.74, 6) is 5.41. The van der Waals surface area contributed by atoms with Crippen LogP contribution in [-0.4, -0.2) is 6.29 Å². The summed E-state index contributed by atoms with van der Waals surface area (Å²) in [6.45, 7) is 0.